The van der Waals surface area contributed by atoms with Gasteiger partial charge in [0.25, 0.3) is 10.1 Å². The summed E-state index contributed by atoms with van der Waals surface area (Å²) in [7, 11) is -2.69. The van der Waals surface area contributed by atoms with Crippen molar-refractivity contribution in [2.45, 2.75) is 18.2 Å². The van der Waals surface area contributed by atoms with E-state index in [1.165, 1.54) is 13.2 Å². The Morgan fingerprint density at radius 1 is 1.32 bits per heavy atom. The minimum absolute atomic E-state index is 0. The van der Waals surface area contributed by atoms with E-state index >= 15 is 0 Å². The van der Waals surface area contributed by atoms with E-state index in [-0.39, 0.29) is 35.9 Å². The summed E-state index contributed by atoms with van der Waals surface area (Å²) < 4.78 is 37.3. The minimum Gasteiger partial charge on any atom is -1.00 e. The van der Waals surface area contributed by atoms with E-state index < -0.39 is 10.1 Å². The second-order valence-corrected chi connectivity index (χ2v) is 5.33. The molecule has 0 aliphatic heterocycles. The van der Waals surface area contributed by atoms with Gasteiger partial charge in [0.1, 0.15) is 10.6 Å². The second kappa shape index (κ2) is 6.24. The molecule has 0 heterocycles. The van der Waals surface area contributed by atoms with Crippen LogP contribution in [0.2, 0.25) is 0 Å². The molecule has 0 saturated carbocycles. The molecule has 2 aliphatic rings. The Labute approximate surface area is 136 Å². The van der Waals surface area contributed by atoms with Crippen LogP contribution in [0.1, 0.15) is 13.9 Å². The summed E-state index contributed by atoms with van der Waals surface area (Å²) in [6.07, 6.45) is 0.659. The van der Waals surface area contributed by atoms with Gasteiger partial charge in [0.15, 0.2) is 0 Å². The zero-order valence-electron chi connectivity index (χ0n) is 12.2. The van der Waals surface area contributed by atoms with Crippen molar-refractivity contribution in [3.63, 3.8) is 0 Å². The number of hydrogen-bond acceptors (Lipinski definition) is 3. The largest absolute Gasteiger partial charge is 1.00 e. The maximum atomic E-state index is 11.4. The molecule has 0 aromatic rings. The average Bonchev–Trinajstić information content (AvgIpc) is 2.56. The van der Waals surface area contributed by atoms with Gasteiger partial charge < -0.3 is 6.16 Å². The zero-order valence-corrected chi connectivity index (χ0v) is 14.0. The predicted molar refractivity (Wildman–Crippen MR) is 69.9 cm³/mol. The van der Waals surface area contributed by atoms with Gasteiger partial charge in [-0.2, -0.15) is 8.42 Å². The van der Waals surface area contributed by atoms with Gasteiger partial charge in [0.05, 0.1) is 7.11 Å². The standard InChI is InChI=1S/C13H14O4S.Na.H/c1-3-9-8-12(18(14,15)16)10-6-4-5-7-11(17-2)13(9)10;;/h4-8H,3H2,1-2H3,(H,14,15,16);;/q;+1;-1. The van der Waals surface area contributed by atoms with E-state index in [0.717, 1.165) is 11.1 Å². The molecule has 0 spiro atoms. The van der Waals surface area contributed by atoms with Crippen LogP contribution in [0.25, 0.3) is 11.1 Å². The fourth-order valence-electron chi connectivity index (χ4n) is 2.10. The van der Waals surface area contributed by atoms with Crippen LogP contribution in [-0.2, 0) is 16.5 Å². The van der Waals surface area contributed by atoms with E-state index in [9.17, 15) is 13.0 Å². The molecule has 2 rings (SSSR count). The van der Waals surface area contributed by atoms with Gasteiger partial charge >= 0.3 is 29.6 Å². The summed E-state index contributed by atoms with van der Waals surface area (Å²) in [4.78, 5) is -0.0659. The van der Waals surface area contributed by atoms with Crippen molar-refractivity contribution in [3.05, 3.63) is 35.9 Å². The number of ether oxygens (including phenoxy) is 1. The molecule has 0 atom stereocenters. The van der Waals surface area contributed by atoms with E-state index in [2.05, 4.69) is 0 Å². The third-order valence-corrected chi connectivity index (χ3v) is 3.80. The Bertz CT molecular complexity index is 658. The molecular weight excluding hydrogens is 275 g/mol. The van der Waals surface area contributed by atoms with Crippen molar-refractivity contribution in [1.29, 1.82) is 0 Å². The first-order valence-corrected chi connectivity index (χ1v) is 6.99. The number of aryl methyl sites for hydroxylation is 1. The Morgan fingerprint density at radius 2 is 1.95 bits per heavy atom. The van der Waals surface area contributed by atoms with Crippen molar-refractivity contribution in [2.75, 3.05) is 7.11 Å². The van der Waals surface area contributed by atoms with Gasteiger partial charge in [-0.05, 0) is 24.1 Å². The molecule has 0 unspecified atom stereocenters. The molecule has 4 nitrogen and oxygen atoms in total. The van der Waals surface area contributed by atoms with Crippen molar-refractivity contribution < 1.29 is 48.7 Å². The van der Waals surface area contributed by atoms with E-state index in [4.69, 9.17) is 4.74 Å². The van der Waals surface area contributed by atoms with Gasteiger partial charge in [0, 0.05) is 11.1 Å². The van der Waals surface area contributed by atoms with Crippen LogP contribution in [0, 0.1) is 0 Å². The van der Waals surface area contributed by atoms with Crippen LogP contribution >= 0.6 is 0 Å². The quantitative estimate of drug-likeness (QED) is 0.624. The summed E-state index contributed by atoms with van der Waals surface area (Å²) >= 11 is 0. The molecule has 0 radical (unpaired) electrons. The monoisotopic (exact) mass is 290 g/mol. The van der Waals surface area contributed by atoms with Crippen LogP contribution in [-0.4, -0.2) is 20.1 Å². The molecule has 0 fully saturated rings. The predicted octanol–water partition coefficient (Wildman–Crippen LogP) is -0.274. The molecular formula is C13H15NaO4S. The molecule has 19 heavy (non-hydrogen) atoms. The van der Waals surface area contributed by atoms with E-state index in [0.29, 0.717) is 17.7 Å². The third kappa shape index (κ3) is 3.12. The fourth-order valence-corrected chi connectivity index (χ4v) is 2.84. The first-order chi connectivity index (χ1) is 8.49. The summed E-state index contributed by atoms with van der Waals surface area (Å²) in [5.74, 6) is 0.599. The van der Waals surface area contributed by atoms with Crippen LogP contribution < -0.4 is 34.3 Å². The molecule has 1 N–H and O–H groups in total. The van der Waals surface area contributed by atoms with Crippen LogP contribution in [0.15, 0.2) is 35.2 Å². The van der Waals surface area contributed by atoms with Crippen LogP contribution in [0.5, 0.6) is 5.75 Å². The summed E-state index contributed by atoms with van der Waals surface area (Å²) in [5, 5.41) is 0. The average molecular weight is 290 g/mol. The Morgan fingerprint density at radius 3 is 2.47 bits per heavy atom. The number of methoxy groups -OCH3 is 1. The van der Waals surface area contributed by atoms with Gasteiger partial charge in [-0.25, -0.2) is 0 Å². The maximum absolute atomic E-state index is 11.4. The number of fused-ring (bicyclic) bond motifs is 1. The third-order valence-electron chi connectivity index (χ3n) is 2.91. The summed E-state index contributed by atoms with van der Waals surface area (Å²) in [5.41, 5.74) is 2.06. The Kier molecular flexibility index (Phi) is 5.41. The summed E-state index contributed by atoms with van der Waals surface area (Å²) in [6.45, 7) is 1.93. The van der Waals surface area contributed by atoms with Crippen molar-refractivity contribution in [3.8, 4) is 16.9 Å². The molecule has 0 aromatic carbocycles. The van der Waals surface area contributed by atoms with Crippen molar-refractivity contribution >= 4 is 10.1 Å². The molecule has 2 aliphatic carbocycles. The number of hydrogen-bond donors (Lipinski definition) is 1. The number of rotatable bonds is 3. The van der Waals surface area contributed by atoms with Gasteiger partial charge in [0.2, 0.25) is 0 Å². The van der Waals surface area contributed by atoms with Crippen molar-refractivity contribution in [1.82, 2.24) is 0 Å². The molecule has 98 valence electrons. The summed E-state index contributed by atoms with van der Waals surface area (Å²) in [6, 6.07) is 8.43. The molecule has 0 bridgehead atoms. The molecule has 0 saturated heterocycles. The maximum Gasteiger partial charge on any atom is 1.00 e. The first kappa shape index (κ1) is 16.5. The smallest absolute Gasteiger partial charge is 1.00 e. The topological polar surface area (TPSA) is 63.6 Å². The van der Waals surface area contributed by atoms with Crippen LogP contribution in [0.3, 0.4) is 0 Å². The Hall–Kier alpha value is -0.590. The van der Waals surface area contributed by atoms with Gasteiger partial charge in [-0.1, -0.05) is 25.1 Å². The zero-order chi connectivity index (χ0) is 13.3. The molecule has 0 amide bonds. The Balaban J connectivity index is 0.00000180. The van der Waals surface area contributed by atoms with Crippen molar-refractivity contribution in [2.24, 2.45) is 0 Å². The van der Waals surface area contributed by atoms with E-state index in [1.54, 1.807) is 24.3 Å². The molecule has 6 heteroatoms. The van der Waals surface area contributed by atoms with Crippen LogP contribution in [0.4, 0.5) is 0 Å². The normalized spacial score (nSPS) is 11.1. The first-order valence-electron chi connectivity index (χ1n) is 5.55. The fraction of sp³-hybridized carbons (Fsp3) is 0.231. The minimum atomic E-state index is -4.23. The molecule has 0 aromatic heterocycles. The van der Waals surface area contributed by atoms with E-state index in [1.807, 2.05) is 6.92 Å². The second-order valence-electron chi connectivity index (χ2n) is 3.94. The SMILES string of the molecule is CCc1cc(S(=O)(=O)O)c2ccccc(OC)c1-2.[H-].[Na+]. The van der Waals surface area contributed by atoms with Gasteiger partial charge in [-0.3, -0.25) is 4.55 Å². The van der Waals surface area contributed by atoms with Gasteiger partial charge in [-0.15, -0.1) is 0 Å².